The second-order valence-electron chi connectivity index (χ2n) is 5.16. The highest BCUT2D eigenvalue weighted by Gasteiger charge is 2.32. The van der Waals surface area contributed by atoms with E-state index >= 15 is 0 Å². The number of hydrogen-bond donors (Lipinski definition) is 2. The first kappa shape index (κ1) is 16.9. The third kappa shape index (κ3) is 5.35. The van der Waals surface area contributed by atoms with Gasteiger partial charge in [-0.25, -0.2) is 4.79 Å². The van der Waals surface area contributed by atoms with E-state index in [1.165, 1.54) is 30.0 Å². The smallest absolute Gasteiger partial charge is 0.406 e. The number of nitrogens with zero attached hydrogens (tertiary/aromatic N) is 1. The molecule has 0 unspecified atom stereocenters. The maximum Gasteiger partial charge on any atom is 0.573 e. The first-order valence-corrected chi connectivity index (χ1v) is 6.87. The van der Waals surface area contributed by atoms with Crippen molar-refractivity contribution in [3.63, 3.8) is 0 Å². The zero-order valence-electron chi connectivity index (χ0n) is 12.3. The lowest BCUT2D eigenvalue weighted by molar-refractivity contribution is -0.274. The van der Waals surface area contributed by atoms with Crippen molar-refractivity contribution in [3.8, 4) is 5.75 Å². The Hall–Kier alpha value is -2.45. The molecule has 0 atom stereocenters. The number of nitrogens with one attached hydrogen (secondary N) is 2. The third-order valence-corrected chi connectivity index (χ3v) is 3.15. The average Bonchev–Trinajstić information content (AvgIpc) is 2.38. The van der Waals surface area contributed by atoms with Crippen molar-refractivity contribution in [1.82, 2.24) is 15.5 Å². The standard InChI is InChI=1S/C14H16F3N3O3/c1-9(21)19-11-7-20(8-11)13(22)18-6-10-3-2-4-12(5-10)23-14(15,16)17/h2-5,11H,6-8H2,1H3,(H,18,22)(H,19,21). The number of likely N-dealkylation sites (tertiary alicyclic amines) is 1. The summed E-state index contributed by atoms with van der Waals surface area (Å²) in [4.78, 5) is 24.2. The molecule has 0 radical (unpaired) electrons. The molecule has 1 aliphatic rings. The molecule has 1 saturated heterocycles. The van der Waals surface area contributed by atoms with E-state index in [9.17, 15) is 22.8 Å². The molecule has 0 spiro atoms. The molecule has 2 rings (SSSR count). The van der Waals surface area contributed by atoms with E-state index in [-0.39, 0.29) is 30.3 Å². The van der Waals surface area contributed by atoms with Crippen molar-refractivity contribution in [2.45, 2.75) is 25.9 Å². The molecule has 1 aromatic rings. The fourth-order valence-electron chi connectivity index (χ4n) is 2.17. The van der Waals surface area contributed by atoms with Gasteiger partial charge in [0.2, 0.25) is 5.91 Å². The lowest BCUT2D eigenvalue weighted by Crippen LogP contribution is -2.62. The molecule has 0 aromatic heterocycles. The molecule has 1 heterocycles. The van der Waals surface area contributed by atoms with Gasteiger partial charge in [0.1, 0.15) is 5.75 Å². The van der Waals surface area contributed by atoms with Crippen LogP contribution in [0.15, 0.2) is 24.3 Å². The van der Waals surface area contributed by atoms with Crippen molar-refractivity contribution in [2.75, 3.05) is 13.1 Å². The highest BCUT2D eigenvalue weighted by atomic mass is 19.4. The summed E-state index contributed by atoms with van der Waals surface area (Å²) in [5.74, 6) is -0.490. The number of amides is 3. The molecule has 126 valence electrons. The van der Waals surface area contributed by atoms with E-state index in [0.29, 0.717) is 18.7 Å². The van der Waals surface area contributed by atoms with Gasteiger partial charge in [0, 0.05) is 26.6 Å². The van der Waals surface area contributed by atoms with E-state index in [1.54, 1.807) is 6.07 Å². The molecule has 0 saturated carbocycles. The van der Waals surface area contributed by atoms with Crippen LogP contribution in [0.1, 0.15) is 12.5 Å². The number of carbonyl (C=O) groups is 2. The van der Waals surface area contributed by atoms with Crippen LogP contribution in [0, 0.1) is 0 Å². The highest BCUT2D eigenvalue weighted by Crippen LogP contribution is 2.23. The van der Waals surface area contributed by atoms with Gasteiger partial charge in [-0.1, -0.05) is 12.1 Å². The van der Waals surface area contributed by atoms with Crippen molar-refractivity contribution in [3.05, 3.63) is 29.8 Å². The Labute approximate surface area is 130 Å². The number of urea groups is 1. The molecule has 0 aliphatic carbocycles. The Bertz CT molecular complexity index is 586. The summed E-state index contributed by atoms with van der Waals surface area (Å²) >= 11 is 0. The summed E-state index contributed by atoms with van der Waals surface area (Å²) in [6, 6.07) is 5.00. The van der Waals surface area contributed by atoms with E-state index < -0.39 is 6.36 Å². The van der Waals surface area contributed by atoms with E-state index in [2.05, 4.69) is 15.4 Å². The highest BCUT2D eigenvalue weighted by molar-refractivity contribution is 5.77. The van der Waals surface area contributed by atoms with Gasteiger partial charge in [-0.2, -0.15) is 0 Å². The first-order valence-electron chi connectivity index (χ1n) is 6.87. The Morgan fingerprint density at radius 2 is 2.04 bits per heavy atom. The fraction of sp³-hybridized carbons (Fsp3) is 0.429. The number of halogens is 3. The number of carbonyl (C=O) groups excluding carboxylic acids is 2. The Kier molecular flexibility index (Phi) is 4.97. The van der Waals surface area contributed by atoms with Crippen molar-refractivity contribution in [1.29, 1.82) is 0 Å². The van der Waals surface area contributed by atoms with Gasteiger partial charge in [0.25, 0.3) is 0 Å². The molecule has 1 aromatic carbocycles. The molecule has 6 nitrogen and oxygen atoms in total. The van der Waals surface area contributed by atoms with Gasteiger partial charge in [0.05, 0.1) is 6.04 Å². The predicted octanol–water partition coefficient (Wildman–Crippen LogP) is 1.62. The van der Waals surface area contributed by atoms with E-state index in [4.69, 9.17) is 0 Å². The lowest BCUT2D eigenvalue weighted by Gasteiger charge is -2.39. The van der Waals surface area contributed by atoms with Gasteiger partial charge in [-0.3, -0.25) is 4.79 Å². The number of alkyl halides is 3. The molecule has 23 heavy (non-hydrogen) atoms. The third-order valence-electron chi connectivity index (χ3n) is 3.15. The topological polar surface area (TPSA) is 70.7 Å². The number of ether oxygens (including phenoxy) is 1. The maximum atomic E-state index is 12.1. The summed E-state index contributed by atoms with van der Waals surface area (Å²) in [5.41, 5.74) is 0.485. The summed E-state index contributed by atoms with van der Waals surface area (Å²) in [5, 5.41) is 5.29. The molecule has 0 bridgehead atoms. The van der Waals surface area contributed by atoms with Gasteiger partial charge in [0.15, 0.2) is 0 Å². The minimum absolute atomic E-state index is 0.0539. The van der Waals surface area contributed by atoms with Crippen LogP contribution in [0.2, 0.25) is 0 Å². The predicted molar refractivity (Wildman–Crippen MR) is 74.5 cm³/mol. The Morgan fingerprint density at radius 3 is 2.65 bits per heavy atom. The summed E-state index contributed by atoms with van der Waals surface area (Å²) in [6.07, 6.45) is -4.75. The lowest BCUT2D eigenvalue weighted by atomic mass is 10.1. The first-order chi connectivity index (χ1) is 10.7. The molecular formula is C14H16F3N3O3. The fourth-order valence-corrected chi connectivity index (χ4v) is 2.17. The minimum atomic E-state index is -4.75. The maximum absolute atomic E-state index is 12.1. The van der Waals surface area contributed by atoms with Crippen LogP contribution in [0.5, 0.6) is 5.75 Å². The van der Waals surface area contributed by atoms with Crippen molar-refractivity contribution >= 4 is 11.9 Å². The van der Waals surface area contributed by atoms with Gasteiger partial charge >= 0.3 is 12.4 Å². The van der Waals surface area contributed by atoms with Crippen LogP contribution in [-0.4, -0.2) is 42.3 Å². The summed E-state index contributed by atoms with van der Waals surface area (Å²) in [7, 11) is 0. The van der Waals surface area contributed by atoms with E-state index in [0.717, 1.165) is 0 Å². The van der Waals surface area contributed by atoms with Crippen LogP contribution < -0.4 is 15.4 Å². The van der Waals surface area contributed by atoms with Crippen LogP contribution in [0.4, 0.5) is 18.0 Å². The molecule has 2 N–H and O–H groups in total. The molecule has 9 heteroatoms. The average molecular weight is 331 g/mol. The zero-order valence-corrected chi connectivity index (χ0v) is 12.3. The van der Waals surface area contributed by atoms with Crippen LogP contribution in [0.25, 0.3) is 0 Å². The minimum Gasteiger partial charge on any atom is -0.406 e. The SMILES string of the molecule is CC(=O)NC1CN(C(=O)NCc2cccc(OC(F)(F)F)c2)C1. The number of rotatable bonds is 4. The number of hydrogen-bond acceptors (Lipinski definition) is 3. The molecule has 1 aliphatic heterocycles. The largest absolute Gasteiger partial charge is 0.573 e. The summed E-state index contributed by atoms with van der Waals surface area (Å²) < 4.78 is 40.3. The molecule has 1 fully saturated rings. The second-order valence-corrected chi connectivity index (χ2v) is 5.16. The van der Waals surface area contributed by atoms with Crippen molar-refractivity contribution < 1.29 is 27.5 Å². The van der Waals surface area contributed by atoms with Crippen LogP contribution in [-0.2, 0) is 11.3 Å². The molecular weight excluding hydrogens is 315 g/mol. The quantitative estimate of drug-likeness (QED) is 0.881. The van der Waals surface area contributed by atoms with Crippen LogP contribution in [0.3, 0.4) is 0 Å². The van der Waals surface area contributed by atoms with Gasteiger partial charge in [-0.05, 0) is 17.7 Å². The Morgan fingerprint density at radius 1 is 1.35 bits per heavy atom. The normalized spacial score (nSPS) is 14.9. The van der Waals surface area contributed by atoms with Crippen LogP contribution >= 0.6 is 0 Å². The van der Waals surface area contributed by atoms with Gasteiger partial charge < -0.3 is 20.3 Å². The second kappa shape index (κ2) is 6.76. The Balaban J connectivity index is 1.79. The molecule has 3 amide bonds. The van der Waals surface area contributed by atoms with Gasteiger partial charge in [-0.15, -0.1) is 13.2 Å². The monoisotopic (exact) mass is 331 g/mol. The number of benzene rings is 1. The van der Waals surface area contributed by atoms with E-state index in [1.807, 2.05) is 0 Å². The summed E-state index contributed by atoms with van der Waals surface area (Å²) in [6.45, 7) is 2.29. The zero-order chi connectivity index (χ0) is 17.0. The van der Waals surface area contributed by atoms with Crippen molar-refractivity contribution in [2.24, 2.45) is 0 Å².